The molecule has 1 saturated heterocycles. The van der Waals surface area contributed by atoms with Gasteiger partial charge < -0.3 is 10.6 Å². The van der Waals surface area contributed by atoms with Crippen molar-refractivity contribution in [2.45, 2.75) is 18.9 Å². The first kappa shape index (κ1) is 16.8. The Kier molecular flexibility index (Phi) is 4.21. The number of aromatic amines is 1. The van der Waals surface area contributed by atoms with Crippen molar-refractivity contribution in [2.24, 2.45) is 0 Å². The second kappa shape index (κ2) is 7.01. The van der Waals surface area contributed by atoms with E-state index in [1.54, 1.807) is 6.20 Å². The molecule has 0 saturated carbocycles. The van der Waals surface area contributed by atoms with Gasteiger partial charge in [0.25, 0.3) is 5.91 Å². The summed E-state index contributed by atoms with van der Waals surface area (Å²) in [6, 6.07) is 13.9. The summed E-state index contributed by atoms with van der Waals surface area (Å²) in [7, 11) is 0. The van der Waals surface area contributed by atoms with Crippen LogP contribution in [-0.2, 0) is 0 Å². The molecule has 3 heterocycles. The first-order chi connectivity index (χ1) is 13.8. The zero-order valence-electron chi connectivity index (χ0n) is 15.3. The van der Waals surface area contributed by atoms with Crippen LogP contribution in [0.5, 0.6) is 0 Å². The highest BCUT2D eigenvalue weighted by Gasteiger charge is 2.20. The third kappa shape index (κ3) is 2.99. The molecule has 7 nitrogen and oxygen atoms in total. The lowest BCUT2D eigenvalue weighted by Crippen LogP contribution is -2.42. The number of nitrogens with zero attached hydrogens (tertiary/aromatic N) is 3. The van der Waals surface area contributed by atoms with E-state index in [1.807, 2.05) is 42.5 Å². The molecule has 0 atom stereocenters. The van der Waals surface area contributed by atoms with Crippen LogP contribution in [0.1, 0.15) is 23.3 Å². The molecule has 1 fully saturated rings. The molecule has 0 unspecified atom stereocenters. The fourth-order valence-corrected chi connectivity index (χ4v) is 3.69. The van der Waals surface area contributed by atoms with Gasteiger partial charge in [-0.1, -0.05) is 36.4 Å². The molecule has 0 spiro atoms. The number of fused-ring (bicyclic) bond motifs is 3. The topological polar surface area (TPSA) is 95.6 Å². The minimum absolute atomic E-state index is 0.119. The fourth-order valence-electron chi connectivity index (χ4n) is 3.69. The van der Waals surface area contributed by atoms with Crippen LogP contribution >= 0.6 is 0 Å². The van der Waals surface area contributed by atoms with Crippen molar-refractivity contribution >= 4 is 27.7 Å². The number of piperidine rings is 1. The van der Waals surface area contributed by atoms with Crippen molar-refractivity contribution in [1.29, 1.82) is 0 Å². The SMILES string of the molecule is O=C(NC1CCNCC1)c1[nH]nc2c1ccc1cnc(-c3ccccc3)nc12. The van der Waals surface area contributed by atoms with Gasteiger partial charge in [-0.05, 0) is 32.0 Å². The molecule has 1 amide bonds. The lowest BCUT2D eigenvalue weighted by atomic mass is 10.1. The summed E-state index contributed by atoms with van der Waals surface area (Å²) < 4.78 is 0. The van der Waals surface area contributed by atoms with E-state index < -0.39 is 0 Å². The number of amides is 1. The Morgan fingerprint density at radius 2 is 1.86 bits per heavy atom. The third-order valence-corrected chi connectivity index (χ3v) is 5.21. The summed E-state index contributed by atoms with van der Waals surface area (Å²) in [5.74, 6) is 0.524. The summed E-state index contributed by atoms with van der Waals surface area (Å²) in [6.07, 6.45) is 3.68. The van der Waals surface area contributed by atoms with Gasteiger partial charge in [0.1, 0.15) is 16.7 Å². The molecule has 0 aliphatic carbocycles. The van der Waals surface area contributed by atoms with Crippen molar-refractivity contribution in [3.63, 3.8) is 0 Å². The standard InChI is InChI=1S/C21H20N6O/c28-21(24-15-8-10-22-11-9-15)19-16-7-6-14-12-23-20(13-4-2-1-3-5-13)25-17(14)18(16)26-27-19/h1-7,12,15,22H,8-11H2,(H,24,28)(H,26,27). The van der Waals surface area contributed by atoms with Crippen molar-refractivity contribution in [2.75, 3.05) is 13.1 Å². The number of benzene rings is 2. The molecule has 4 aromatic rings. The minimum atomic E-state index is -0.119. The van der Waals surface area contributed by atoms with E-state index in [4.69, 9.17) is 4.98 Å². The number of rotatable bonds is 3. The smallest absolute Gasteiger partial charge is 0.270 e. The van der Waals surface area contributed by atoms with Gasteiger partial charge >= 0.3 is 0 Å². The molecule has 7 heteroatoms. The molecular formula is C21H20N6O. The summed E-state index contributed by atoms with van der Waals surface area (Å²) in [5.41, 5.74) is 2.85. The van der Waals surface area contributed by atoms with E-state index in [9.17, 15) is 4.79 Å². The van der Waals surface area contributed by atoms with E-state index in [-0.39, 0.29) is 11.9 Å². The van der Waals surface area contributed by atoms with E-state index in [0.717, 1.165) is 47.8 Å². The molecule has 140 valence electrons. The van der Waals surface area contributed by atoms with Crippen LogP contribution in [0.2, 0.25) is 0 Å². The van der Waals surface area contributed by atoms with Crippen LogP contribution in [0.25, 0.3) is 33.2 Å². The van der Waals surface area contributed by atoms with Gasteiger partial charge in [-0.3, -0.25) is 9.89 Å². The van der Waals surface area contributed by atoms with Crippen molar-refractivity contribution in [1.82, 2.24) is 30.8 Å². The van der Waals surface area contributed by atoms with Crippen molar-refractivity contribution < 1.29 is 4.79 Å². The maximum absolute atomic E-state index is 12.8. The Morgan fingerprint density at radius 3 is 2.68 bits per heavy atom. The van der Waals surface area contributed by atoms with Crippen molar-refractivity contribution in [3.05, 3.63) is 54.4 Å². The van der Waals surface area contributed by atoms with Gasteiger partial charge in [0.05, 0.1) is 0 Å². The summed E-state index contributed by atoms with van der Waals surface area (Å²) >= 11 is 0. The normalized spacial score (nSPS) is 15.1. The van der Waals surface area contributed by atoms with Crippen LogP contribution in [0.15, 0.2) is 48.7 Å². The molecular weight excluding hydrogens is 352 g/mol. The Labute approximate surface area is 161 Å². The van der Waals surface area contributed by atoms with Crippen LogP contribution in [-0.4, -0.2) is 45.2 Å². The van der Waals surface area contributed by atoms with Gasteiger partial charge in [0, 0.05) is 28.6 Å². The van der Waals surface area contributed by atoms with E-state index in [1.165, 1.54) is 0 Å². The molecule has 2 aromatic heterocycles. The quantitative estimate of drug-likeness (QED) is 0.514. The van der Waals surface area contributed by atoms with E-state index >= 15 is 0 Å². The lowest BCUT2D eigenvalue weighted by Gasteiger charge is -2.23. The Hall–Kier alpha value is -3.32. The van der Waals surface area contributed by atoms with Crippen LogP contribution in [0.4, 0.5) is 0 Å². The van der Waals surface area contributed by atoms with Crippen LogP contribution in [0, 0.1) is 0 Å². The molecule has 1 aliphatic rings. The number of hydrogen-bond acceptors (Lipinski definition) is 5. The third-order valence-electron chi connectivity index (χ3n) is 5.21. The number of H-pyrrole nitrogens is 1. The van der Waals surface area contributed by atoms with Gasteiger partial charge in [0.2, 0.25) is 0 Å². The molecule has 28 heavy (non-hydrogen) atoms. The molecule has 3 N–H and O–H groups in total. The number of hydrogen-bond donors (Lipinski definition) is 3. The zero-order chi connectivity index (χ0) is 18.9. The highest BCUT2D eigenvalue weighted by molar-refractivity contribution is 6.11. The molecule has 0 radical (unpaired) electrons. The second-order valence-electron chi connectivity index (χ2n) is 7.06. The molecule has 5 rings (SSSR count). The first-order valence-corrected chi connectivity index (χ1v) is 9.50. The maximum atomic E-state index is 12.8. The highest BCUT2D eigenvalue weighted by Crippen LogP contribution is 2.26. The van der Waals surface area contributed by atoms with Crippen LogP contribution < -0.4 is 10.6 Å². The zero-order valence-corrected chi connectivity index (χ0v) is 15.3. The van der Waals surface area contributed by atoms with E-state index in [2.05, 4.69) is 25.8 Å². The molecule has 1 aliphatic heterocycles. The summed E-state index contributed by atoms with van der Waals surface area (Å²) in [5, 5.41) is 15.4. The number of carbonyl (C=O) groups excluding carboxylic acids is 1. The second-order valence-corrected chi connectivity index (χ2v) is 7.06. The monoisotopic (exact) mass is 372 g/mol. The molecule has 0 bridgehead atoms. The molecule has 2 aromatic carbocycles. The summed E-state index contributed by atoms with van der Waals surface area (Å²) in [6.45, 7) is 1.86. The van der Waals surface area contributed by atoms with Crippen LogP contribution in [0.3, 0.4) is 0 Å². The van der Waals surface area contributed by atoms with Crippen molar-refractivity contribution in [3.8, 4) is 11.4 Å². The Balaban J connectivity index is 1.54. The predicted molar refractivity (Wildman–Crippen MR) is 108 cm³/mol. The highest BCUT2D eigenvalue weighted by atomic mass is 16.2. The largest absolute Gasteiger partial charge is 0.348 e. The van der Waals surface area contributed by atoms with Gasteiger partial charge in [0.15, 0.2) is 5.82 Å². The average molecular weight is 372 g/mol. The van der Waals surface area contributed by atoms with Gasteiger partial charge in [-0.15, -0.1) is 0 Å². The van der Waals surface area contributed by atoms with E-state index in [0.29, 0.717) is 17.0 Å². The summed E-state index contributed by atoms with van der Waals surface area (Å²) in [4.78, 5) is 22.0. The lowest BCUT2D eigenvalue weighted by molar-refractivity contribution is 0.0926. The Bertz CT molecular complexity index is 1150. The first-order valence-electron chi connectivity index (χ1n) is 9.50. The number of aromatic nitrogens is 4. The fraction of sp³-hybridized carbons (Fsp3) is 0.238. The van der Waals surface area contributed by atoms with Gasteiger partial charge in [-0.2, -0.15) is 5.10 Å². The average Bonchev–Trinajstić information content (AvgIpc) is 3.19. The number of carbonyl (C=O) groups is 1. The minimum Gasteiger partial charge on any atom is -0.348 e. The predicted octanol–water partition coefficient (Wildman–Crippen LogP) is 2.65. The Morgan fingerprint density at radius 1 is 1.04 bits per heavy atom. The number of nitrogens with one attached hydrogen (secondary N) is 3. The van der Waals surface area contributed by atoms with Gasteiger partial charge in [-0.25, -0.2) is 9.97 Å². The maximum Gasteiger partial charge on any atom is 0.270 e.